The Hall–Kier alpha value is -1.73. The van der Waals surface area contributed by atoms with E-state index in [2.05, 4.69) is 5.32 Å². The second kappa shape index (κ2) is 7.65. The highest BCUT2D eigenvalue weighted by Crippen LogP contribution is 2.18. The summed E-state index contributed by atoms with van der Waals surface area (Å²) in [6, 6.07) is 4.08. The van der Waals surface area contributed by atoms with E-state index in [1.807, 2.05) is 0 Å². The van der Waals surface area contributed by atoms with Crippen molar-refractivity contribution in [2.45, 2.75) is 0 Å². The van der Waals surface area contributed by atoms with E-state index in [-0.39, 0.29) is 23.3 Å². The van der Waals surface area contributed by atoms with Crippen LogP contribution in [-0.2, 0) is 9.53 Å². The molecule has 7 heteroatoms. The van der Waals surface area contributed by atoms with Gasteiger partial charge in [0.05, 0.1) is 6.61 Å². The molecule has 0 saturated carbocycles. The Labute approximate surface area is 115 Å². The van der Waals surface area contributed by atoms with Gasteiger partial charge >= 0.3 is 0 Å². The van der Waals surface area contributed by atoms with Crippen molar-refractivity contribution in [1.82, 2.24) is 5.32 Å². The third-order valence-corrected chi connectivity index (χ3v) is 2.44. The zero-order valence-electron chi connectivity index (χ0n) is 10.4. The fourth-order valence-electron chi connectivity index (χ4n) is 1.26. The van der Waals surface area contributed by atoms with Crippen molar-refractivity contribution in [1.29, 1.82) is 0 Å². The lowest BCUT2D eigenvalue weighted by molar-refractivity contribution is -0.123. The Morgan fingerprint density at radius 3 is 2.84 bits per heavy atom. The summed E-state index contributed by atoms with van der Waals surface area (Å²) in [6.45, 7) is 0.511. The highest BCUT2D eigenvalue weighted by Gasteiger charge is 2.08. The highest BCUT2D eigenvalue weighted by molar-refractivity contribution is 7.80. The molecule has 0 bridgehead atoms. The average molecular weight is 286 g/mol. The maximum Gasteiger partial charge on any atom is 0.258 e. The van der Waals surface area contributed by atoms with Crippen LogP contribution < -0.4 is 15.8 Å². The molecular formula is C12H15FN2O3S. The quantitative estimate of drug-likeness (QED) is 0.567. The van der Waals surface area contributed by atoms with E-state index in [1.165, 1.54) is 25.3 Å². The largest absolute Gasteiger partial charge is 0.481 e. The molecule has 0 radical (unpaired) electrons. The van der Waals surface area contributed by atoms with Crippen LogP contribution in [0.1, 0.15) is 5.56 Å². The van der Waals surface area contributed by atoms with Crippen molar-refractivity contribution in [3.63, 3.8) is 0 Å². The van der Waals surface area contributed by atoms with Gasteiger partial charge in [0.1, 0.15) is 4.99 Å². The van der Waals surface area contributed by atoms with E-state index in [0.29, 0.717) is 18.7 Å². The molecule has 1 aromatic rings. The summed E-state index contributed by atoms with van der Waals surface area (Å²) in [7, 11) is 1.53. The predicted octanol–water partition coefficient (Wildman–Crippen LogP) is 0.601. The molecule has 0 unspecified atom stereocenters. The summed E-state index contributed by atoms with van der Waals surface area (Å²) in [4.78, 5) is 11.4. The van der Waals surface area contributed by atoms with Gasteiger partial charge in [0, 0.05) is 19.2 Å². The molecule has 104 valence electrons. The molecule has 0 heterocycles. The number of carbonyl (C=O) groups is 1. The van der Waals surface area contributed by atoms with Crippen molar-refractivity contribution in [2.75, 3.05) is 26.9 Å². The van der Waals surface area contributed by atoms with Gasteiger partial charge in [-0.05, 0) is 18.2 Å². The SMILES string of the molecule is COCCNC(=O)COc1ccc(C(N)=S)cc1F. The molecule has 1 amide bonds. The fraction of sp³-hybridized carbons (Fsp3) is 0.333. The molecule has 1 aromatic carbocycles. The predicted molar refractivity (Wildman–Crippen MR) is 72.7 cm³/mol. The van der Waals surface area contributed by atoms with Crippen molar-refractivity contribution < 1.29 is 18.7 Å². The van der Waals surface area contributed by atoms with Crippen LogP contribution in [0.4, 0.5) is 4.39 Å². The molecule has 19 heavy (non-hydrogen) atoms. The highest BCUT2D eigenvalue weighted by atomic mass is 32.1. The summed E-state index contributed by atoms with van der Waals surface area (Å²) < 4.78 is 23.4. The molecule has 0 atom stereocenters. The monoisotopic (exact) mass is 286 g/mol. The van der Waals surface area contributed by atoms with Crippen molar-refractivity contribution >= 4 is 23.1 Å². The van der Waals surface area contributed by atoms with Crippen molar-refractivity contribution in [2.24, 2.45) is 5.73 Å². The molecule has 0 aliphatic rings. The summed E-state index contributed by atoms with van der Waals surface area (Å²) >= 11 is 4.72. The minimum absolute atomic E-state index is 0.0260. The number of nitrogens with one attached hydrogen (secondary N) is 1. The first kappa shape index (κ1) is 15.3. The normalized spacial score (nSPS) is 10.0. The lowest BCUT2D eigenvalue weighted by atomic mass is 10.2. The minimum Gasteiger partial charge on any atom is -0.481 e. The van der Waals surface area contributed by atoms with Crippen LogP contribution >= 0.6 is 12.2 Å². The Bertz CT molecular complexity index is 468. The van der Waals surface area contributed by atoms with Gasteiger partial charge in [-0.2, -0.15) is 0 Å². The molecule has 0 aromatic heterocycles. The van der Waals surface area contributed by atoms with E-state index < -0.39 is 5.82 Å². The number of halogens is 1. The van der Waals surface area contributed by atoms with Gasteiger partial charge < -0.3 is 20.5 Å². The van der Waals surface area contributed by atoms with Gasteiger partial charge in [0.15, 0.2) is 18.2 Å². The van der Waals surface area contributed by atoms with Gasteiger partial charge in [0.25, 0.3) is 5.91 Å². The standard InChI is InChI=1S/C12H15FN2O3S/c1-17-5-4-15-11(16)7-18-10-3-2-8(12(14)19)6-9(10)13/h2-3,6H,4-5,7H2,1H3,(H2,14,19)(H,15,16). The molecule has 0 aliphatic carbocycles. The van der Waals surface area contributed by atoms with Crippen LogP contribution in [0.3, 0.4) is 0 Å². The molecule has 0 saturated heterocycles. The molecule has 0 spiro atoms. The van der Waals surface area contributed by atoms with Crippen LogP contribution in [0.2, 0.25) is 0 Å². The second-order valence-corrected chi connectivity index (χ2v) is 4.08. The number of hydrogen-bond acceptors (Lipinski definition) is 4. The van der Waals surface area contributed by atoms with Gasteiger partial charge in [-0.3, -0.25) is 4.79 Å². The second-order valence-electron chi connectivity index (χ2n) is 3.64. The number of amides is 1. The maximum atomic E-state index is 13.6. The van der Waals surface area contributed by atoms with E-state index in [0.717, 1.165) is 0 Å². The zero-order valence-corrected chi connectivity index (χ0v) is 11.3. The van der Waals surface area contributed by atoms with Gasteiger partial charge in [-0.25, -0.2) is 4.39 Å². The van der Waals surface area contributed by atoms with E-state index in [1.54, 1.807) is 0 Å². The lowest BCUT2D eigenvalue weighted by Gasteiger charge is -2.08. The zero-order chi connectivity index (χ0) is 14.3. The van der Waals surface area contributed by atoms with E-state index in [9.17, 15) is 9.18 Å². The smallest absolute Gasteiger partial charge is 0.258 e. The van der Waals surface area contributed by atoms with Crippen LogP contribution in [0.15, 0.2) is 18.2 Å². The van der Waals surface area contributed by atoms with Crippen LogP contribution in [-0.4, -0.2) is 37.8 Å². The number of benzene rings is 1. The van der Waals surface area contributed by atoms with Gasteiger partial charge in [-0.1, -0.05) is 12.2 Å². The number of rotatable bonds is 7. The molecule has 0 fully saturated rings. The Morgan fingerprint density at radius 1 is 1.53 bits per heavy atom. The van der Waals surface area contributed by atoms with Crippen LogP contribution in [0.25, 0.3) is 0 Å². The van der Waals surface area contributed by atoms with Crippen molar-refractivity contribution in [3.05, 3.63) is 29.6 Å². The van der Waals surface area contributed by atoms with Crippen LogP contribution in [0.5, 0.6) is 5.75 Å². The number of thiocarbonyl (C=S) groups is 1. The number of carbonyl (C=O) groups excluding carboxylic acids is 1. The third-order valence-electron chi connectivity index (χ3n) is 2.20. The lowest BCUT2D eigenvalue weighted by Crippen LogP contribution is -2.31. The number of hydrogen-bond donors (Lipinski definition) is 2. The minimum atomic E-state index is -0.616. The molecule has 1 rings (SSSR count). The van der Waals surface area contributed by atoms with Crippen LogP contribution in [0, 0.1) is 5.82 Å². The molecular weight excluding hydrogens is 271 g/mol. The third kappa shape index (κ3) is 5.19. The Kier molecular flexibility index (Phi) is 6.17. The first-order valence-electron chi connectivity index (χ1n) is 5.52. The average Bonchev–Trinajstić information content (AvgIpc) is 2.37. The molecule has 3 N–H and O–H groups in total. The van der Waals surface area contributed by atoms with Crippen molar-refractivity contribution in [3.8, 4) is 5.75 Å². The summed E-state index contributed by atoms with van der Waals surface area (Å²) in [5.74, 6) is -0.994. The van der Waals surface area contributed by atoms with E-state index >= 15 is 0 Å². The fourth-order valence-corrected chi connectivity index (χ4v) is 1.38. The molecule has 5 nitrogen and oxygen atoms in total. The first-order valence-corrected chi connectivity index (χ1v) is 5.93. The summed E-state index contributed by atoms with van der Waals surface area (Å²) in [5.41, 5.74) is 5.78. The van der Waals surface area contributed by atoms with Gasteiger partial charge in [-0.15, -0.1) is 0 Å². The first-order chi connectivity index (χ1) is 9.04. The Balaban J connectivity index is 2.49. The summed E-state index contributed by atoms with van der Waals surface area (Å²) in [5, 5.41) is 2.55. The van der Waals surface area contributed by atoms with E-state index in [4.69, 9.17) is 27.4 Å². The summed E-state index contributed by atoms with van der Waals surface area (Å²) in [6.07, 6.45) is 0. The molecule has 0 aliphatic heterocycles. The number of methoxy groups -OCH3 is 1. The number of nitrogens with two attached hydrogens (primary N) is 1. The topological polar surface area (TPSA) is 73.6 Å². The number of ether oxygens (including phenoxy) is 2. The maximum absolute atomic E-state index is 13.6. The Morgan fingerprint density at radius 2 is 2.26 bits per heavy atom. The van der Waals surface area contributed by atoms with Gasteiger partial charge in [0.2, 0.25) is 0 Å².